The van der Waals surface area contributed by atoms with E-state index in [-0.39, 0.29) is 5.96 Å². The number of guanidine groups is 1. The molecule has 0 aromatic heterocycles. The molecule has 0 radical (unpaired) electrons. The lowest BCUT2D eigenvalue weighted by Gasteiger charge is -2.03. The lowest BCUT2D eigenvalue weighted by atomic mass is 10.0. The van der Waals surface area contributed by atoms with Crippen molar-refractivity contribution in [2.75, 3.05) is 6.54 Å². The van der Waals surface area contributed by atoms with Crippen molar-refractivity contribution in [3.05, 3.63) is 0 Å². The van der Waals surface area contributed by atoms with Crippen LogP contribution in [0, 0.1) is 0 Å². The lowest BCUT2D eigenvalue weighted by molar-refractivity contribution is 0.137. The Morgan fingerprint density at radius 2 is 0.923 bits per heavy atom. The van der Waals surface area contributed by atoms with E-state index in [1.54, 1.807) is 0 Å². The second-order valence-corrected chi connectivity index (χ2v) is 6.89. The Morgan fingerprint density at radius 1 is 0.654 bits per heavy atom. The van der Waals surface area contributed by atoms with E-state index in [0.29, 0.717) is 0 Å². The average Bonchev–Trinajstić information content (AvgIpc) is 2.57. The monoisotopic (exact) mass is 373 g/mol. The Kier molecular flexibility index (Phi) is 24.2. The number of carboxylic acid groups (broad SMARTS) is 2. The summed E-state index contributed by atoms with van der Waals surface area (Å²) in [4.78, 5) is 12.6. The van der Waals surface area contributed by atoms with Crippen molar-refractivity contribution in [1.82, 2.24) is 0 Å². The molecule has 0 saturated carbocycles. The van der Waals surface area contributed by atoms with Crippen molar-refractivity contribution in [2.24, 2.45) is 16.5 Å². The van der Waals surface area contributed by atoms with E-state index in [2.05, 4.69) is 11.9 Å². The van der Waals surface area contributed by atoms with Gasteiger partial charge >= 0.3 is 6.16 Å². The number of aliphatic imine (C=N–C) groups is 1. The molecule has 156 valence electrons. The largest absolute Gasteiger partial charge is 0.503 e. The summed E-state index contributed by atoms with van der Waals surface area (Å²) in [6.07, 6.45) is 20.5. The summed E-state index contributed by atoms with van der Waals surface area (Å²) in [7, 11) is 0. The van der Waals surface area contributed by atoms with Gasteiger partial charge in [0.25, 0.3) is 0 Å². The van der Waals surface area contributed by atoms with Crippen LogP contribution < -0.4 is 11.5 Å². The maximum atomic E-state index is 8.56. The number of hydrogen-bond donors (Lipinski definition) is 4. The standard InChI is InChI=1S/C19H41N3.CH2O3/c1-2-3-4-5-6-7-8-9-10-11-12-13-14-15-16-17-18-22-19(20)21;2-1(3)4/h2-18H2,1H3,(H4,20,21,22);(H2,2,3,4). The molecule has 26 heavy (non-hydrogen) atoms. The van der Waals surface area contributed by atoms with Crippen LogP contribution in [0.15, 0.2) is 4.99 Å². The van der Waals surface area contributed by atoms with E-state index in [1.165, 1.54) is 96.3 Å². The molecule has 0 heterocycles. The highest BCUT2D eigenvalue weighted by molar-refractivity contribution is 5.75. The van der Waals surface area contributed by atoms with E-state index < -0.39 is 6.16 Å². The van der Waals surface area contributed by atoms with E-state index in [1.807, 2.05) is 0 Å². The lowest BCUT2D eigenvalue weighted by Crippen LogP contribution is -2.22. The number of nitrogens with two attached hydrogens (primary N) is 2. The van der Waals surface area contributed by atoms with Crippen molar-refractivity contribution < 1.29 is 15.0 Å². The van der Waals surface area contributed by atoms with Crippen LogP contribution in [0.25, 0.3) is 0 Å². The minimum Gasteiger partial charge on any atom is -0.450 e. The van der Waals surface area contributed by atoms with Gasteiger partial charge in [-0.05, 0) is 6.42 Å². The van der Waals surface area contributed by atoms with Crippen molar-refractivity contribution in [3.63, 3.8) is 0 Å². The van der Waals surface area contributed by atoms with Gasteiger partial charge in [0.1, 0.15) is 0 Å². The van der Waals surface area contributed by atoms with Crippen molar-refractivity contribution in [2.45, 2.75) is 110 Å². The summed E-state index contributed by atoms with van der Waals surface area (Å²) in [5, 5.41) is 13.9. The third-order valence-electron chi connectivity index (χ3n) is 4.31. The normalized spacial score (nSPS) is 10.0. The number of carbonyl (C=O) groups is 1. The van der Waals surface area contributed by atoms with E-state index in [9.17, 15) is 0 Å². The molecule has 0 spiro atoms. The second-order valence-electron chi connectivity index (χ2n) is 6.89. The highest BCUT2D eigenvalue weighted by Crippen LogP contribution is 2.13. The predicted octanol–water partition coefficient (Wildman–Crippen LogP) is 5.74. The van der Waals surface area contributed by atoms with Crippen LogP contribution in [0.5, 0.6) is 0 Å². The zero-order valence-electron chi connectivity index (χ0n) is 16.9. The van der Waals surface area contributed by atoms with Crippen molar-refractivity contribution in [1.29, 1.82) is 0 Å². The SMILES string of the molecule is CCCCCCCCCCCCCCCCCCN=C(N)N.O=C(O)O. The summed E-state index contributed by atoms with van der Waals surface area (Å²) >= 11 is 0. The molecule has 0 aromatic rings. The predicted molar refractivity (Wildman–Crippen MR) is 111 cm³/mol. The highest BCUT2D eigenvalue weighted by atomic mass is 16.6. The van der Waals surface area contributed by atoms with Gasteiger partial charge in [-0.25, -0.2) is 4.79 Å². The minimum absolute atomic E-state index is 0.223. The van der Waals surface area contributed by atoms with E-state index in [0.717, 1.165) is 13.0 Å². The van der Waals surface area contributed by atoms with Crippen LogP contribution in [0.1, 0.15) is 110 Å². The highest BCUT2D eigenvalue weighted by Gasteiger charge is 1.94. The first-order valence-corrected chi connectivity index (χ1v) is 10.5. The summed E-state index contributed by atoms with van der Waals surface area (Å²) in [6.45, 7) is 3.08. The fourth-order valence-electron chi connectivity index (χ4n) is 2.87. The smallest absolute Gasteiger partial charge is 0.450 e. The molecule has 0 aliphatic rings. The summed E-state index contributed by atoms with van der Waals surface area (Å²) in [6, 6.07) is 0. The summed E-state index contributed by atoms with van der Waals surface area (Å²) in [5.41, 5.74) is 10.6. The molecule has 6 nitrogen and oxygen atoms in total. The molecule has 0 unspecified atom stereocenters. The Balaban J connectivity index is 0. The Morgan fingerprint density at radius 3 is 1.19 bits per heavy atom. The van der Waals surface area contributed by atoms with Crippen LogP contribution in [0.2, 0.25) is 0 Å². The van der Waals surface area contributed by atoms with Gasteiger partial charge in [0.15, 0.2) is 5.96 Å². The fraction of sp³-hybridized carbons (Fsp3) is 0.900. The first-order chi connectivity index (χ1) is 12.5. The third-order valence-corrected chi connectivity index (χ3v) is 4.31. The molecule has 0 saturated heterocycles. The van der Waals surface area contributed by atoms with Crippen LogP contribution in [-0.4, -0.2) is 28.9 Å². The molecule has 0 aromatic carbocycles. The van der Waals surface area contributed by atoms with Gasteiger partial charge in [-0.1, -0.05) is 103 Å². The van der Waals surface area contributed by atoms with Gasteiger partial charge < -0.3 is 21.7 Å². The number of hydrogen-bond acceptors (Lipinski definition) is 2. The second kappa shape index (κ2) is 23.5. The Bertz CT molecular complexity index is 315. The zero-order chi connectivity index (χ0) is 19.9. The fourth-order valence-corrected chi connectivity index (χ4v) is 2.87. The molecule has 0 fully saturated rings. The molecule has 6 N–H and O–H groups in total. The molecular weight excluding hydrogens is 330 g/mol. The van der Waals surface area contributed by atoms with Crippen molar-refractivity contribution in [3.8, 4) is 0 Å². The molecule has 0 atom stereocenters. The molecule has 6 heteroatoms. The molecule has 0 amide bonds. The Hall–Kier alpha value is -1.46. The molecule has 0 rings (SSSR count). The van der Waals surface area contributed by atoms with Crippen molar-refractivity contribution >= 4 is 12.1 Å². The number of rotatable bonds is 17. The number of unbranched alkanes of at least 4 members (excludes halogenated alkanes) is 15. The van der Waals surface area contributed by atoms with Gasteiger partial charge in [-0.3, -0.25) is 4.99 Å². The molecule has 0 aliphatic heterocycles. The van der Waals surface area contributed by atoms with Gasteiger partial charge in [0.05, 0.1) is 0 Å². The van der Waals surface area contributed by atoms with Gasteiger partial charge in [-0.15, -0.1) is 0 Å². The first-order valence-electron chi connectivity index (χ1n) is 10.5. The van der Waals surface area contributed by atoms with Gasteiger partial charge in [0, 0.05) is 6.54 Å². The third kappa shape index (κ3) is 34.0. The van der Waals surface area contributed by atoms with Crippen LogP contribution in [-0.2, 0) is 0 Å². The van der Waals surface area contributed by atoms with Gasteiger partial charge in [-0.2, -0.15) is 0 Å². The van der Waals surface area contributed by atoms with Crippen LogP contribution in [0.4, 0.5) is 4.79 Å². The molecule has 0 bridgehead atoms. The Labute approximate surface area is 160 Å². The first kappa shape index (κ1) is 26.8. The summed E-state index contributed by atoms with van der Waals surface area (Å²) < 4.78 is 0. The molecular formula is C20H43N3O3. The van der Waals surface area contributed by atoms with Crippen LogP contribution in [0.3, 0.4) is 0 Å². The topological polar surface area (TPSA) is 122 Å². The number of nitrogens with zero attached hydrogens (tertiary/aromatic N) is 1. The maximum absolute atomic E-state index is 8.56. The molecule has 0 aliphatic carbocycles. The van der Waals surface area contributed by atoms with E-state index in [4.69, 9.17) is 26.5 Å². The van der Waals surface area contributed by atoms with Gasteiger partial charge in [0.2, 0.25) is 0 Å². The maximum Gasteiger partial charge on any atom is 0.503 e. The minimum atomic E-state index is -1.83. The average molecular weight is 374 g/mol. The van der Waals surface area contributed by atoms with Crippen LogP contribution >= 0.6 is 0 Å². The zero-order valence-corrected chi connectivity index (χ0v) is 16.9. The van der Waals surface area contributed by atoms with E-state index >= 15 is 0 Å². The quantitative estimate of drug-likeness (QED) is 0.147. The summed E-state index contributed by atoms with van der Waals surface area (Å²) in [5.74, 6) is 0.223.